The van der Waals surface area contributed by atoms with E-state index in [-0.39, 0.29) is 6.04 Å². The van der Waals surface area contributed by atoms with Gasteiger partial charge in [-0.25, -0.2) is 9.94 Å². The van der Waals surface area contributed by atoms with E-state index in [4.69, 9.17) is 5.84 Å². The van der Waals surface area contributed by atoms with E-state index in [0.717, 1.165) is 21.2 Å². The number of nitrogens with one attached hydrogen (secondary N) is 1. The van der Waals surface area contributed by atoms with E-state index in [9.17, 15) is 0 Å². The van der Waals surface area contributed by atoms with Crippen LogP contribution in [0.1, 0.15) is 17.3 Å². The van der Waals surface area contributed by atoms with Gasteiger partial charge in [0.1, 0.15) is 0 Å². The Morgan fingerprint density at radius 3 is 2.84 bits per heavy atom. The number of rotatable bonds is 3. The molecule has 0 aliphatic rings. The third-order valence-corrected chi connectivity index (χ3v) is 3.76. The summed E-state index contributed by atoms with van der Waals surface area (Å²) in [6, 6.07) is 5.75. The Hall–Kier alpha value is -1.70. The fourth-order valence-electron chi connectivity index (χ4n) is 2.24. The molecule has 6 nitrogen and oxygen atoms in total. The summed E-state index contributed by atoms with van der Waals surface area (Å²) in [4.78, 5) is 0. The molecule has 3 heterocycles. The maximum atomic E-state index is 5.74. The Kier molecular flexibility index (Phi) is 3.09. The summed E-state index contributed by atoms with van der Waals surface area (Å²) < 4.78 is 4.53. The molecule has 0 aliphatic carbocycles. The highest BCUT2D eigenvalue weighted by Gasteiger charge is 2.22. The van der Waals surface area contributed by atoms with Crippen LogP contribution in [-0.4, -0.2) is 19.4 Å². The van der Waals surface area contributed by atoms with Gasteiger partial charge in [-0.3, -0.25) is 10.5 Å². The third-order valence-electron chi connectivity index (χ3n) is 3.15. The molecule has 0 aromatic carbocycles. The van der Waals surface area contributed by atoms with Gasteiger partial charge in [-0.05, 0) is 28.1 Å². The molecule has 7 heteroatoms. The third kappa shape index (κ3) is 1.95. The average Bonchev–Trinajstić information content (AvgIpc) is 2.98. The van der Waals surface area contributed by atoms with Crippen molar-refractivity contribution in [1.82, 2.24) is 24.8 Å². The van der Waals surface area contributed by atoms with Crippen molar-refractivity contribution in [3.05, 3.63) is 52.5 Å². The first-order chi connectivity index (χ1) is 9.22. The van der Waals surface area contributed by atoms with Gasteiger partial charge in [0.15, 0.2) is 0 Å². The zero-order chi connectivity index (χ0) is 13.4. The first-order valence-electron chi connectivity index (χ1n) is 5.78. The summed E-state index contributed by atoms with van der Waals surface area (Å²) in [7, 11) is 1.89. The molecule has 0 saturated heterocycles. The van der Waals surface area contributed by atoms with E-state index in [1.54, 1.807) is 10.9 Å². The minimum atomic E-state index is -0.179. The minimum absolute atomic E-state index is 0.179. The molecule has 1 unspecified atom stereocenters. The van der Waals surface area contributed by atoms with Crippen molar-refractivity contribution < 1.29 is 0 Å². The highest BCUT2D eigenvalue weighted by atomic mass is 79.9. The monoisotopic (exact) mass is 320 g/mol. The van der Waals surface area contributed by atoms with Gasteiger partial charge < -0.3 is 0 Å². The van der Waals surface area contributed by atoms with Crippen molar-refractivity contribution in [2.24, 2.45) is 12.9 Å². The fourth-order valence-corrected chi connectivity index (χ4v) is 2.81. The van der Waals surface area contributed by atoms with Crippen molar-refractivity contribution in [1.29, 1.82) is 0 Å². The van der Waals surface area contributed by atoms with Crippen molar-refractivity contribution in [2.45, 2.75) is 6.04 Å². The van der Waals surface area contributed by atoms with Gasteiger partial charge in [-0.2, -0.15) is 10.2 Å². The van der Waals surface area contributed by atoms with Crippen LogP contribution in [-0.2, 0) is 7.05 Å². The number of nitrogens with zero attached hydrogens (tertiary/aromatic N) is 4. The van der Waals surface area contributed by atoms with Gasteiger partial charge in [-0.1, -0.05) is 6.07 Å². The molecule has 0 aliphatic heterocycles. The number of halogens is 1. The van der Waals surface area contributed by atoms with Crippen molar-refractivity contribution in [2.75, 3.05) is 0 Å². The highest BCUT2D eigenvalue weighted by Crippen LogP contribution is 2.29. The molecule has 3 N–H and O–H groups in total. The first kappa shape index (κ1) is 12.3. The number of aryl methyl sites for hydroxylation is 1. The van der Waals surface area contributed by atoms with Gasteiger partial charge in [0.05, 0.1) is 34.1 Å². The molecule has 0 radical (unpaired) electrons. The quantitative estimate of drug-likeness (QED) is 0.565. The molecule has 3 rings (SSSR count). The number of pyridine rings is 1. The van der Waals surface area contributed by atoms with Gasteiger partial charge in [0, 0.05) is 18.8 Å². The molecule has 0 saturated carbocycles. The standard InChI is InChI=1S/C12H13BrN6/c1-18-12(9(13)7-15-18)11(17-14)8-6-16-19-5-3-2-4-10(8)19/h2-7,11,17H,14H2,1H3. The fraction of sp³-hybridized carbons (Fsp3) is 0.167. The summed E-state index contributed by atoms with van der Waals surface area (Å²) in [5.41, 5.74) is 5.82. The largest absolute Gasteiger partial charge is 0.271 e. The predicted octanol–water partition coefficient (Wildman–Crippen LogP) is 1.38. The molecular formula is C12H13BrN6. The van der Waals surface area contributed by atoms with Crippen LogP contribution in [0.3, 0.4) is 0 Å². The Morgan fingerprint density at radius 2 is 2.16 bits per heavy atom. The van der Waals surface area contributed by atoms with Crippen LogP contribution in [0.15, 0.2) is 41.3 Å². The molecule has 0 bridgehead atoms. The predicted molar refractivity (Wildman–Crippen MR) is 75.3 cm³/mol. The molecular weight excluding hydrogens is 308 g/mol. The van der Waals surface area contributed by atoms with Crippen LogP contribution in [0, 0.1) is 0 Å². The highest BCUT2D eigenvalue weighted by molar-refractivity contribution is 9.10. The van der Waals surface area contributed by atoms with Crippen LogP contribution >= 0.6 is 15.9 Å². The van der Waals surface area contributed by atoms with Crippen LogP contribution in [0.2, 0.25) is 0 Å². The van der Waals surface area contributed by atoms with Crippen molar-refractivity contribution in [3.63, 3.8) is 0 Å². The van der Waals surface area contributed by atoms with Gasteiger partial charge in [0.2, 0.25) is 0 Å². The molecule has 98 valence electrons. The number of fused-ring (bicyclic) bond motifs is 1. The number of hydrazine groups is 1. The van der Waals surface area contributed by atoms with E-state index in [2.05, 4.69) is 31.6 Å². The zero-order valence-corrected chi connectivity index (χ0v) is 11.9. The van der Waals surface area contributed by atoms with Crippen LogP contribution in [0.4, 0.5) is 0 Å². The van der Waals surface area contributed by atoms with Crippen molar-refractivity contribution in [3.8, 4) is 0 Å². The van der Waals surface area contributed by atoms with Gasteiger partial charge in [0.25, 0.3) is 0 Å². The maximum absolute atomic E-state index is 5.74. The summed E-state index contributed by atoms with van der Waals surface area (Å²) in [5.74, 6) is 5.74. The van der Waals surface area contributed by atoms with Crippen LogP contribution in [0.25, 0.3) is 5.52 Å². The Labute approximate surface area is 118 Å². The molecule has 3 aromatic rings. The molecule has 19 heavy (non-hydrogen) atoms. The molecule has 0 spiro atoms. The van der Waals surface area contributed by atoms with E-state index in [1.165, 1.54) is 0 Å². The van der Waals surface area contributed by atoms with Crippen LogP contribution in [0.5, 0.6) is 0 Å². The lowest BCUT2D eigenvalue weighted by Gasteiger charge is -2.16. The van der Waals surface area contributed by atoms with E-state index in [1.807, 2.05) is 42.2 Å². The lowest BCUT2D eigenvalue weighted by Crippen LogP contribution is -2.30. The smallest absolute Gasteiger partial charge is 0.0926 e. The summed E-state index contributed by atoms with van der Waals surface area (Å²) >= 11 is 3.50. The second kappa shape index (κ2) is 4.76. The zero-order valence-electron chi connectivity index (χ0n) is 10.3. The number of hydrogen-bond acceptors (Lipinski definition) is 4. The second-order valence-corrected chi connectivity index (χ2v) is 5.09. The Morgan fingerprint density at radius 1 is 1.32 bits per heavy atom. The lowest BCUT2D eigenvalue weighted by atomic mass is 10.1. The first-order valence-corrected chi connectivity index (χ1v) is 6.57. The lowest BCUT2D eigenvalue weighted by molar-refractivity contribution is 0.576. The average molecular weight is 321 g/mol. The molecule has 1 atom stereocenters. The maximum Gasteiger partial charge on any atom is 0.0926 e. The number of aromatic nitrogens is 4. The normalized spacial score (nSPS) is 13.0. The minimum Gasteiger partial charge on any atom is -0.271 e. The molecule has 0 fully saturated rings. The van der Waals surface area contributed by atoms with E-state index < -0.39 is 0 Å². The van der Waals surface area contributed by atoms with E-state index in [0.29, 0.717) is 0 Å². The SMILES string of the molecule is Cn1ncc(Br)c1C(NN)c1cnn2ccccc12. The second-order valence-electron chi connectivity index (χ2n) is 4.23. The van der Waals surface area contributed by atoms with Gasteiger partial charge in [-0.15, -0.1) is 0 Å². The number of hydrogen-bond donors (Lipinski definition) is 2. The summed E-state index contributed by atoms with van der Waals surface area (Å²) in [6.45, 7) is 0. The topological polar surface area (TPSA) is 73.2 Å². The summed E-state index contributed by atoms with van der Waals surface area (Å²) in [5, 5.41) is 8.55. The van der Waals surface area contributed by atoms with E-state index >= 15 is 0 Å². The van der Waals surface area contributed by atoms with Crippen LogP contribution < -0.4 is 11.3 Å². The number of nitrogens with two attached hydrogens (primary N) is 1. The summed E-state index contributed by atoms with van der Waals surface area (Å²) in [6.07, 6.45) is 5.48. The molecule has 0 amide bonds. The van der Waals surface area contributed by atoms with Gasteiger partial charge >= 0.3 is 0 Å². The molecule has 3 aromatic heterocycles. The van der Waals surface area contributed by atoms with Crippen molar-refractivity contribution >= 4 is 21.4 Å². The Balaban J connectivity index is 2.18. The Bertz CT molecular complexity index is 696.